The van der Waals surface area contributed by atoms with Crippen molar-refractivity contribution < 1.29 is 33.4 Å². The maximum absolute atomic E-state index is 11.8. The lowest BCUT2D eigenvalue weighted by molar-refractivity contribution is -0.144. The second-order valence-electron chi connectivity index (χ2n) is 5.60. The van der Waals surface area contributed by atoms with Crippen molar-refractivity contribution in [2.24, 2.45) is 5.41 Å². The molecule has 0 N–H and O–H groups in total. The van der Waals surface area contributed by atoms with E-state index in [2.05, 4.69) is 4.74 Å². The van der Waals surface area contributed by atoms with Crippen LogP contribution in [0, 0.1) is 5.41 Å². The predicted octanol–water partition coefficient (Wildman–Crippen LogP) is 1.51. The van der Waals surface area contributed by atoms with Gasteiger partial charge in [0, 0.05) is 25.7 Å². The van der Waals surface area contributed by atoms with E-state index in [-0.39, 0.29) is 25.2 Å². The van der Waals surface area contributed by atoms with Crippen molar-refractivity contribution in [2.45, 2.75) is 39.2 Å². The topological polar surface area (TPSA) is 96.0 Å². The standard InChI is InChI=1S/C17H22O7/c1-12(18)23-11-17(7-4-14(20)10-16(21)22-3)8-5-15(6-9-17)24-13(2)19/h5-6,8-9,15H,4,7,10-11H2,1-3H3. The molecule has 0 saturated heterocycles. The molecule has 0 unspecified atom stereocenters. The van der Waals surface area contributed by atoms with Crippen molar-refractivity contribution in [3.8, 4) is 0 Å². The molecule has 0 radical (unpaired) electrons. The summed E-state index contributed by atoms with van der Waals surface area (Å²) in [5.41, 5.74) is -0.673. The van der Waals surface area contributed by atoms with Crippen LogP contribution >= 0.6 is 0 Å². The molecule has 0 amide bonds. The summed E-state index contributed by atoms with van der Waals surface area (Å²) in [6.07, 6.45) is 6.58. The molecule has 0 aromatic heterocycles. The minimum absolute atomic E-state index is 0.0631. The summed E-state index contributed by atoms with van der Waals surface area (Å²) in [5.74, 6) is -1.68. The van der Waals surface area contributed by atoms with Gasteiger partial charge in [0.05, 0.1) is 7.11 Å². The summed E-state index contributed by atoms with van der Waals surface area (Å²) in [6.45, 7) is 2.68. The maximum Gasteiger partial charge on any atom is 0.313 e. The SMILES string of the molecule is COC(=O)CC(=O)CCC1(COC(C)=O)C=CC(OC(C)=O)C=C1. The fraction of sp³-hybridized carbons (Fsp3) is 0.529. The number of hydrogen-bond acceptors (Lipinski definition) is 7. The summed E-state index contributed by atoms with van der Waals surface area (Å²) in [5, 5.41) is 0. The van der Waals surface area contributed by atoms with Crippen LogP contribution in [0.5, 0.6) is 0 Å². The van der Waals surface area contributed by atoms with E-state index >= 15 is 0 Å². The summed E-state index contributed by atoms with van der Waals surface area (Å²) >= 11 is 0. The average Bonchev–Trinajstić information content (AvgIpc) is 2.52. The highest BCUT2D eigenvalue weighted by Gasteiger charge is 2.30. The minimum atomic E-state index is -0.673. The lowest BCUT2D eigenvalue weighted by atomic mass is 9.79. The molecule has 0 aromatic carbocycles. The predicted molar refractivity (Wildman–Crippen MR) is 83.8 cm³/mol. The molecule has 7 nitrogen and oxygen atoms in total. The fourth-order valence-corrected chi connectivity index (χ4v) is 2.23. The first-order valence-electron chi connectivity index (χ1n) is 7.54. The van der Waals surface area contributed by atoms with Crippen LogP contribution in [0.2, 0.25) is 0 Å². The van der Waals surface area contributed by atoms with Gasteiger partial charge in [-0.05, 0) is 18.6 Å². The Bertz CT molecular complexity index is 545. The fourth-order valence-electron chi connectivity index (χ4n) is 2.23. The van der Waals surface area contributed by atoms with Gasteiger partial charge in [-0.15, -0.1) is 0 Å². The molecule has 1 aliphatic carbocycles. The van der Waals surface area contributed by atoms with Crippen LogP contribution in [-0.4, -0.2) is 43.5 Å². The van der Waals surface area contributed by atoms with Crippen molar-refractivity contribution in [2.75, 3.05) is 13.7 Å². The van der Waals surface area contributed by atoms with E-state index in [1.807, 2.05) is 0 Å². The number of methoxy groups -OCH3 is 1. The van der Waals surface area contributed by atoms with Gasteiger partial charge >= 0.3 is 17.9 Å². The number of hydrogen-bond donors (Lipinski definition) is 0. The highest BCUT2D eigenvalue weighted by Crippen LogP contribution is 2.32. The number of carbonyl (C=O) groups is 4. The lowest BCUT2D eigenvalue weighted by Gasteiger charge is -2.30. The molecule has 0 heterocycles. The van der Waals surface area contributed by atoms with Crippen LogP contribution in [-0.2, 0) is 33.4 Å². The van der Waals surface area contributed by atoms with E-state index in [0.717, 1.165) is 0 Å². The Morgan fingerprint density at radius 3 is 2.17 bits per heavy atom. The molecule has 1 aliphatic rings. The number of ether oxygens (including phenoxy) is 3. The van der Waals surface area contributed by atoms with Crippen molar-refractivity contribution >= 4 is 23.7 Å². The molecule has 132 valence electrons. The Morgan fingerprint density at radius 1 is 1.04 bits per heavy atom. The van der Waals surface area contributed by atoms with E-state index in [1.54, 1.807) is 24.3 Å². The van der Waals surface area contributed by atoms with Crippen LogP contribution < -0.4 is 0 Å². The van der Waals surface area contributed by atoms with E-state index in [4.69, 9.17) is 9.47 Å². The van der Waals surface area contributed by atoms with E-state index in [1.165, 1.54) is 21.0 Å². The van der Waals surface area contributed by atoms with Crippen LogP contribution in [0.15, 0.2) is 24.3 Å². The molecule has 0 saturated carbocycles. The first-order valence-corrected chi connectivity index (χ1v) is 7.54. The maximum atomic E-state index is 11.8. The second kappa shape index (κ2) is 9.00. The molecule has 0 spiro atoms. The third kappa shape index (κ3) is 6.76. The quantitative estimate of drug-likeness (QED) is 0.286. The van der Waals surface area contributed by atoms with Crippen LogP contribution in [0.1, 0.15) is 33.1 Å². The molecule has 0 aromatic rings. The third-order valence-electron chi connectivity index (χ3n) is 3.52. The highest BCUT2D eigenvalue weighted by atomic mass is 16.5. The number of carbonyl (C=O) groups excluding carboxylic acids is 4. The Kier molecular flexibility index (Phi) is 7.35. The molecule has 1 rings (SSSR count). The third-order valence-corrected chi connectivity index (χ3v) is 3.52. The zero-order valence-corrected chi connectivity index (χ0v) is 14.1. The number of Topliss-reactive ketones (excluding diaryl/α,β-unsaturated/α-hetero) is 1. The van der Waals surface area contributed by atoms with Crippen LogP contribution in [0.4, 0.5) is 0 Å². The zero-order chi connectivity index (χ0) is 18.2. The minimum Gasteiger partial charge on any atom is -0.469 e. The van der Waals surface area contributed by atoms with Crippen molar-refractivity contribution in [3.63, 3.8) is 0 Å². The molecule has 24 heavy (non-hydrogen) atoms. The number of esters is 3. The Balaban J connectivity index is 2.73. The van der Waals surface area contributed by atoms with E-state index < -0.39 is 29.4 Å². The lowest BCUT2D eigenvalue weighted by Crippen LogP contribution is -2.29. The Hall–Kier alpha value is -2.44. The summed E-state index contributed by atoms with van der Waals surface area (Å²) in [7, 11) is 1.22. The van der Waals surface area contributed by atoms with Gasteiger partial charge in [-0.1, -0.05) is 12.2 Å². The summed E-state index contributed by atoms with van der Waals surface area (Å²) < 4.78 is 14.6. The zero-order valence-electron chi connectivity index (χ0n) is 14.1. The van der Waals surface area contributed by atoms with Crippen molar-refractivity contribution in [3.05, 3.63) is 24.3 Å². The largest absolute Gasteiger partial charge is 0.469 e. The van der Waals surface area contributed by atoms with Crippen molar-refractivity contribution in [1.29, 1.82) is 0 Å². The van der Waals surface area contributed by atoms with Gasteiger partial charge in [0.1, 0.15) is 24.9 Å². The van der Waals surface area contributed by atoms with Gasteiger partial charge in [0.2, 0.25) is 0 Å². The molecule has 0 fully saturated rings. The molecular formula is C17H22O7. The van der Waals surface area contributed by atoms with Crippen LogP contribution in [0.3, 0.4) is 0 Å². The molecule has 0 aliphatic heterocycles. The van der Waals surface area contributed by atoms with Gasteiger partial charge in [0.15, 0.2) is 0 Å². The van der Waals surface area contributed by atoms with Crippen LogP contribution in [0.25, 0.3) is 0 Å². The summed E-state index contributed by atoms with van der Waals surface area (Å²) in [4.78, 5) is 45.0. The van der Waals surface area contributed by atoms with E-state index in [9.17, 15) is 19.2 Å². The normalized spacial score (nSPS) is 21.9. The van der Waals surface area contributed by atoms with Crippen molar-refractivity contribution in [1.82, 2.24) is 0 Å². The van der Waals surface area contributed by atoms with Gasteiger partial charge in [0.25, 0.3) is 0 Å². The van der Waals surface area contributed by atoms with Gasteiger partial charge in [-0.3, -0.25) is 19.2 Å². The Morgan fingerprint density at radius 2 is 1.67 bits per heavy atom. The molecule has 7 heteroatoms. The van der Waals surface area contributed by atoms with Gasteiger partial charge < -0.3 is 14.2 Å². The molecule has 0 bridgehead atoms. The Labute approximate surface area is 140 Å². The van der Waals surface area contributed by atoms with Gasteiger partial charge in [-0.25, -0.2) is 0 Å². The summed E-state index contributed by atoms with van der Waals surface area (Å²) in [6, 6.07) is 0. The smallest absolute Gasteiger partial charge is 0.313 e. The molecule has 0 atom stereocenters. The first-order chi connectivity index (χ1) is 11.3. The molecular weight excluding hydrogens is 316 g/mol. The number of rotatable bonds is 8. The van der Waals surface area contributed by atoms with Gasteiger partial charge in [-0.2, -0.15) is 0 Å². The monoisotopic (exact) mass is 338 g/mol. The first kappa shape index (κ1) is 19.6. The second-order valence-corrected chi connectivity index (χ2v) is 5.60. The number of ketones is 1. The van der Waals surface area contributed by atoms with E-state index in [0.29, 0.717) is 6.42 Å². The highest BCUT2D eigenvalue weighted by molar-refractivity contribution is 5.95. The average molecular weight is 338 g/mol.